The number of methoxy groups -OCH3 is 1. The highest BCUT2D eigenvalue weighted by atomic mass is 16.5. The Morgan fingerprint density at radius 1 is 1.25 bits per heavy atom. The van der Waals surface area contributed by atoms with Crippen LogP contribution in [0, 0.1) is 5.92 Å². The van der Waals surface area contributed by atoms with Gasteiger partial charge in [-0.2, -0.15) is 0 Å². The van der Waals surface area contributed by atoms with Crippen LogP contribution < -0.4 is 5.32 Å². The molecule has 0 spiro atoms. The van der Waals surface area contributed by atoms with Crippen molar-refractivity contribution in [1.82, 2.24) is 5.32 Å². The topological polar surface area (TPSA) is 30.5 Å². The molecule has 96 valence electrons. The highest BCUT2D eigenvalue weighted by molar-refractivity contribution is 4.94. The number of ether oxygens (including phenoxy) is 2. The van der Waals surface area contributed by atoms with E-state index in [-0.39, 0.29) is 11.2 Å². The lowest BCUT2D eigenvalue weighted by Crippen LogP contribution is -2.31. The summed E-state index contributed by atoms with van der Waals surface area (Å²) >= 11 is 0. The maximum absolute atomic E-state index is 6.07. The number of hydrogen-bond donors (Lipinski definition) is 1. The lowest BCUT2D eigenvalue weighted by molar-refractivity contribution is -0.0751. The molecule has 0 aliphatic carbocycles. The normalized spacial score (nSPS) is 27.2. The molecule has 0 bridgehead atoms. The van der Waals surface area contributed by atoms with E-state index in [0.717, 1.165) is 26.1 Å². The summed E-state index contributed by atoms with van der Waals surface area (Å²) < 4.78 is 11.1. The van der Waals surface area contributed by atoms with Gasteiger partial charge in [-0.1, -0.05) is 0 Å². The van der Waals surface area contributed by atoms with Crippen LogP contribution in [0.15, 0.2) is 0 Å². The van der Waals surface area contributed by atoms with Gasteiger partial charge in [-0.25, -0.2) is 0 Å². The Bertz CT molecular complexity index is 214. The Morgan fingerprint density at radius 2 is 1.94 bits per heavy atom. The van der Waals surface area contributed by atoms with E-state index in [1.54, 1.807) is 7.11 Å². The smallest absolute Gasteiger partial charge is 0.0663 e. The monoisotopic (exact) mass is 229 g/mol. The van der Waals surface area contributed by atoms with Crippen LogP contribution in [0.2, 0.25) is 0 Å². The predicted octanol–water partition coefficient (Wildman–Crippen LogP) is 2.21. The average Bonchev–Trinajstić information content (AvgIpc) is 2.34. The van der Waals surface area contributed by atoms with E-state index in [0.29, 0.717) is 5.92 Å². The third-order valence-corrected chi connectivity index (χ3v) is 3.41. The summed E-state index contributed by atoms with van der Waals surface area (Å²) in [6.45, 7) is 11.6. The fourth-order valence-electron chi connectivity index (χ4n) is 2.70. The van der Waals surface area contributed by atoms with E-state index in [4.69, 9.17) is 9.47 Å². The van der Waals surface area contributed by atoms with Crippen LogP contribution in [0.3, 0.4) is 0 Å². The Balaban J connectivity index is 2.26. The van der Waals surface area contributed by atoms with Gasteiger partial charge in [-0.3, -0.25) is 0 Å². The molecule has 0 aromatic heterocycles. The quantitative estimate of drug-likeness (QED) is 0.708. The van der Waals surface area contributed by atoms with Crippen molar-refractivity contribution in [2.24, 2.45) is 5.92 Å². The second kappa shape index (κ2) is 5.48. The first-order valence-corrected chi connectivity index (χ1v) is 6.27. The molecule has 16 heavy (non-hydrogen) atoms. The van der Waals surface area contributed by atoms with Gasteiger partial charge in [0.05, 0.1) is 17.8 Å². The fraction of sp³-hybridized carbons (Fsp3) is 1.00. The lowest BCUT2D eigenvalue weighted by atomic mass is 9.85. The minimum absolute atomic E-state index is 0.0203. The van der Waals surface area contributed by atoms with E-state index in [9.17, 15) is 0 Å². The highest BCUT2D eigenvalue weighted by Gasteiger charge is 2.44. The second-order valence-electron chi connectivity index (χ2n) is 5.90. The largest absolute Gasteiger partial charge is 0.383 e. The van der Waals surface area contributed by atoms with Gasteiger partial charge in [0.2, 0.25) is 0 Å². The van der Waals surface area contributed by atoms with Crippen LogP contribution in [-0.4, -0.2) is 38.0 Å². The van der Waals surface area contributed by atoms with Crippen molar-refractivity contribution in [3.63, 3.8) is 0 Å². The van der Waals surface area contributed by atoms with Gasteiger partial charge >= 0.3 is 0 Å². The average molecular weight is 229 g/mol. The van der Waals surface area contributed by atoms with Crippen molar-refractivity contribution in [3.05, 3.63) is 0 Å². The van der Waals surface area contributed by atoms with Crippen LogP contribution in [0.1, 0.15) is 40.5 Å². The van der Waals surface area contributed by atoms with Crippen molar-refractivity contribution < 1.29 is 9.47 Å². The fourth-order valence-corrected chi connectivity index (χ4v) is 2.70. The zero-order chi connectivity index (χ0) is 12.2. The Labute approximate surface area is 99.9 Å². The van der Waals surface area contributed by atoms with Crippen LogP contribution in [0.25, 0.3) is 0 Å². The van der Waals surface area contributed by atoms with Crippen LogP contribution in [0.4, 0.5) is 0 Å². The van der Waals surface area contributed by atoms with E-state index in [1.807, 2.05) is 0 Å². The van der Waals surface area contributed by atoms with Gasteiger partial charge in [0, 0.05) is 13.7 Å². The molecule has 0 radical (unpaired) electrons. The van der Waals surface area contributed by atoms with Crippen LogP contribution >= 0.6 is 0 Å². The molecule has 0 aromatic rings. The Hall–Kier alpha value is -0.120. The molecule has 1 N–H and O–H groups in total. The maximum Gasteiger partial charge on any atom is 0.0663 e. The van der Waals surface area contributed by atoms with E-state index in [1.165, 1.54) is 6.42 Å². The molecule has 1 atom stereocenters. The summed E-state index contributed by atoms with van der Waals surface area (Å²) in [5, 5.41) is 3.40. The standard InChI is InChI=1S/C13H27NO2/c1-12(2)10-11(13(3,4)16-12)6-7-14-8-9-15-5/h11,14H,6-10H2,1-5H3. The molecular weight excluding hydrogens is 202 g/mol. The maximum atomic E-state index is 6.07. The molecular formula is C13H27NO2. The number of hydrogen-bond acceptors (Lipinski definition) is 3. The van der Waals surface area contributed by atoms with Crippen LogP contribution in [0.5, 0.6) is 0 Å². The van der Waals surface area contributed by atoms with Gasteiger partial charge in [0.1, 0.15) is 0 Å². The van der Waals surface area contributed by atoms with Crippen molar-refractivity contribution in [2.45, 2.75) is 51.7 Å². The molecule has 1 heterocycles. The second-order valence-corrected chi connectivity index (χ2v) is 5.90. The summed E-state index contributed by atoms with van der Waals surface area (Å²) in [5.41, 5.74) is 0.0626. The highest BCUT2D eigenvalue weighted by Crippen LogP contribution is 2.43. The molecule has 3 nitrogen and oxygen atoms in total. The molecule has 1 unspecified atom stereocenters. The van der Waals surface area contributed by atoms with Crippen LogP contribution in [-0.2, 0) is 9.47 Å². The predicted molar refractivity (Wildman–Crippen MR) is 66.7 cm³/mol. The minimum Gasteiger partial charge on any atom is -0.383 e. The SMILES string of the molecule is COCCNCCC1CC(C)(C)OC1(C)C. The summed E-state index contributed by atoms with van der Waals surface area (Å²) in [6.07, 6.45) is 2.34. The molecule has 0 saturated carbocycles. The first-order valence-electron chi connectivity index (χ1n) is 6.27. The lowest BCUT2D eigenvalue weighted by Gasteiger charge is -2.27. The third-order valence-electron chi connectivity index (χ3n) is 3.41. The summed E-state index contributed by atoms with van der Waals surface area (Å²) in [7, 11) is 1.73. The molecule has 0 aromatic carbocycles. The molecule has 1 aliphatic heterocycles. The number of nitrogens with one attached hydrogen (secondary N) is 1. The first-order chi connectivity index (χ1) is 7.37. The van der Waals surface area contributed by atoms with Crippen molar-refractivity contribution in [1.29, 1.82) is 0 Å². The van der Waals surface area contributed by atoms with Gasteiger partial charge in [-0.15, -0.1) is 0 Å². The van der Waals surface area contributed by atoms with Gasteiger partial charge in [-0.05, 0) is 53.0 Å². The van der Waals surface area contributed by atoms with E-state index < -0.39 is 0 Å². The molecule has 1 rings (SSSR count). The Kier molecular flexibility index (Phi) is 4.77. The summed E-state index contributed by atoms with van der Waals surface area (Å²) in [4.78, 5) is 0. The number of rotatable bonds is 6. The van der Waals surface area contributed by atoms with E-state index in [2.05, 4.69) is 33.0 Å². The third kappa shape index (κ3) is 4.04. The van der Waals surface area contributed by atoms with Gasteiger partial charge < -0.3 is 14.8 Å². The summed E-state index contributed by atoms with van der Waals surface area (Å²) in [6, 6.07) is 0. The molecule has 1 saturated heterocycles. The molecule has 1 aliphatic rings. The van der Waals surface area contributed by atoms with Gasteiger partial charge in [0.15, 0.2) is 0 Å². The van der Waals surface area contributed by atoms with Crippen molar-refractivity contribution in [3.8, 4) is 0 Å². The molecule has 1 fully saturated rings. The first kappa shape index (κ1) is 13.9. The van der Waals surface area contributed by atoms with E-state index >= 15 is 0 Å². The zero-order valence-electron chi connectivity index (χ0n) is 11.4. The Morgan fingerprint density at radius 3 is 2.44 bits per heavy atom. The molecule has 0 amide bonds. The minimum atomic E-state index is 0.0203. The summed E-state index contributed by atoms with van der Waals surface area (Å²) in [5.74, 6) is 0.651. The van der Waals surface area contributed by atoms with Crippen molar-refractivity contribution >= 4 is 0 Å². The zero-order valence-corrected chi connectivity index (χ0v) is 11.4. The molecule has 3 heteroatoms. The van der Waals surface area contributed by atoms with Gasteiger partial charge in [0.25, 0.3) is 0 Å². The van der Waals surface area contributed by atoms with Crippen molar-refractivity contribution in [2.75, 3.05) is 26.8 Å².